The van der Waals surface area contributed by atoms with Crippen molar-refractivity contribution in [2.24, 2.45) is 0 Å². The van der Waals surface area contributed by atoms with E-state index < -0.39 is 0 Å². The second-order valence-electron chi connectivity index (χ2n) is 5.05. The van der Waals surface area contributed by atoms with E-state index in [4.69, 9.17) is 0 Å². The average molecular weight is 239 g/mol. The molecule has 1 aliphatic heterocycles. The SMILES string of the molecule is CN1CCC(NC(=O)NC2CCCCC2)C1=O. The first kappa shape index (κ1) is 12.2. The minimum atomic E-state index is -0.330. The maximum atomic E-state index is 11.7. The Kier molecular flexibility index (Phi) is 3.86. The van der Waals surface area contributed by atoms with Crippen LogP contribution >= 0.6 is 0 Å². The van der Waals surface area contributed by atoms with Crippen LogP contribution in [-0.4, -0.2) is 42.5 Å². The minimum Gasteiger partial charge on any atom is -0.344 e. The number of likely N-dealkylation sites (N-methyl/N-ethyl adjacent to an activating group) is 1. The molecule has 0 radical (unpaired) electrons. The number of carbonyl (C=O) groups is 2. The van der Waals surface area contributed by atoms with Crippen molar-refractivity contribution in [2.45, 2.75) is 50.6 Å². The number of urea groups is 1. The monoisotopic (exact) mass is 239 g/mol. The second kappa shape index (κ2) is 5.38. The zero-order chi connectivity index (χ0) is 12.3. The van der Waals surface area contributed by atoms with Gasteiger partial charge in [0.25, 0.3) is 0 Å². The Labute approximate surface area is 102 Å². The van der Waals surface area contributed by atoms with E-state index in [0.29, 0.717) is 6.42 Å². The fourth-order valence-electron chi connectivity index (χ4n) is 2.59. The van der Waals surface area contributed by atoms with Gasteiger partial charge < -0.3 is 15.5 Å². The molecule has 1 unspecified atom stereocenters. The van der Waals surface area contributed by atoms with Crippen LogP contribution in [0.2, 0.25) is 0 Å². The molecule has 5 nitrogen and oxygen atoms in total. The largest absolute Gasteiger partial charge is 0.344 e. The average Bonchev–Trinajstić information content (AvgIpc) is 2.62. The number of carbonyl (C=O) groups excluding carboxylic acids is 2. The molecule has 0 aromatic carbocycles. The molecule has 1 saturated carbocycles. The summed E-state index contributed by atoms with van der Waals surface area (Å²) < 4.78 is 0. The highest BCUT2D eigenvalue weighted by Crippen LogP contribution is 2.17. The van der Waals surface area contributed by atoms with Gasteiger partial charge >= 0.3 is 6.03 Å². The Morgan fingerprint density at radius 1 is 1.18 bits per heavy atom. The number of amides is 3. The summed E-state index contributed by atoms with van der Waals surface area (Å²) in [5.41, 5.74) is 0. The van der Waals surface area contributed by atoms with Gasteiger partial charge in [0.2, 0.25) is 5.91 Å². The van der Waals surface area contributed by atoms with Crippen molar-refractivity contribution in [1.29, 1.82) is 0 Å². The van der Waals surface area contributed by atoms with Crippen molar-refractivity contribution in [1.82, 2.24) is 15.5 Å². The summed E-state index contributed by atoms with van der Waals surface area (Å²) in [5, 5.41) is 5.73. The van der Waals surface area contributed by atoms with Crippen LogP contribution < -0.4 is 10.6 Å². The second-order valence-corrected chi connectivity index (χ2v) is 5.05. The molecule has 5 heteroatoms. The molecule has 0 aromatic rings. The summed E-state index contributed by atoms with van der Waals surface area (Å²) in [7, 11) is 1.77. The van der Waals surface area contributed by atoms with E-state index in [0.717, 1.165) is 19.4 Å². The van der Waals surface area contributed by atoms with E-state index in [1.807, 2.05) is 0 Å². The Balaban J connectivity index is 1.75. The fourth-order valence-corrected chi connectivity index (χ4v) is 2.59. The van der Waals surface area contributed by atoms with Gasteiger partial charge in [-0.2, -0.15) is 0 Å². The first-order valence-corrected chi connectivity index (χ1v) is 6.49. The van der Waals surface area contributed by atoms with Gasteiger partial charge in [-0.25, -0.2) is 4.79 Å². The Hall–Kier alpha value is -1.26. The lowest BCUT2D eigenvalue weighted by Crippen LogP contribution is -2.49. The predicted octanol–water partition coefficient (Wildman–Crippen LogP) is 0.849. The quantitative estimate of drug-likeness (QED) is 0.750. The molecule has 1 saturated heterocycles. The van der Waals surface area contributed by atoms with Gasteiger partial charge in [-0.05, 0) is 19.3 Å². The Morgan fingerprint density at radius 3 is 2.47 bits per heavy atom. The zero-order valence-electron chi connectivity index (χ0n) is 10.4. The van der Waals surface area contributed by atoms with E-state index in [-0.39, 0.29) is 24.0 Å². The van der Waals surface area contributed by atoms with Gasteiger partial charge in [-0.1, -0.05) is 19.3 Å². The zero-order valence-corrected chi connectivity index (χ0v) is 10.4. The minimum absolute atomic E-state index is 0.0174. The summed E-state index contributed by atoms with van der Waals surface area (Å²) in [6, 6.07) is -0.230. The maximum absolute atomic E-state index is 11.7. The van der Waals surface area contributed by atoms with Gasteiger partial charge in [-0.15, -0.1) is 0 Å². The lowest BCUT2D eigenvalue weighted by Gasteiger charge is -2.23. The van der Waals surface area contributed by atoms with Crippen LogP contribution in [0.3, 0.4) is 0 Å². The van der Waals surface area contributed by atoms with E-state index in [1.54, 1.807) is 11.9 Å². The van der Waals surface area contributed by atoms with Crippen LogP contribution in [0.15, 0.2) is 0 Å². The third kappa shape index (κ3) is 3.11. The third-order valence-electron chi connectivity index (χ3n) is 3.67. The molecule has 0 bridgehead atoms. The van der Waals surface area contributed by atoms with E-state index in [1.165, 1.54) is 19.3 Å². The summed E-state index contributed by atoms with van der Waals surface area (Å²) in [6.07, 6.45) is 6.49. The molecule has 3 amide bonds. The summed E-state index contributed by atoms with van der Waals surface area (Å²) >= 11 is 0. The summed E-state index contributed by atoms with van der Waals surface area (Å²) in [5.74, 6) is 0.0174. The fraction of sp³-hybridized carbons (Fsp3) is 0.833. The molecule has 17 heavy (non-hydrogen) atoms. The normalized spacial score (nSPS) is 26.1. The summed E-state index contributed by atoms with van der Waals surface area (Å²) in [6.45, 7) is 0.729. The maximum Gasteiger partial charge on any atom is 0.315 e. The lowest BCUT2D eigenvalue weighted by molar-refractivity contribution is -0.128. The number of nitrogens with one attached hydrogen (secondary N) is 2. The molecular weight excluding hydrogens is 218 g/mol. The molecule has 96 valence electrons. The van der Waals surface area contributed by atoms with Crippen molar-refractivity contribution in [3.05, 3.63) is 0 Å². The lowest BCUT2D eigenvalue weighted by atomic mass is 9.96. The van der Waals surface area contributed by atoms with E-state index in [9.17, 15) is 9.59 Å². The molecule has 2 fully saturated rings. The van der Waals surface area contributed by atoms with Gasteiger partial charge in [-0.3, -0.25) is 4.79 Å². The molecule has 2 aliphatic rings. The van der Waals surface area contributed by atoms with Gasteiger partial charge in [0.05, 0.1) is 0 Å². The van der Waals surface area contributed by atoms with Crippen molar-refractivity contribution in [3.63, 3.8) is 0 Å². The first-order chi connectivity index (χ1) is 8.16. The number of rotatable bonds is 2. The van der Waals surface area contributed by atoms with Gasteiger partial charge in [0.1, 0.15) is 6.04 Å². The molecule has 0 spiro atoms. The van der Waals surface area contributed by atoms with Crippen LogP contribution in [0.5, 0.6) is 0 Å². The molecule has 0 aromatic heterocycles. The van der Waals surface area contributed by atoms with Crippen molar-refractivity contribution in [3.8, 4) is 0 Å². The predicted molar refractivity (Wildman–Crippen MR) is 64.6 cm³/mol. The van der Waals surface area contributed by atoms with Gasteiger partial charge in [0, 0.05) is 19.6 Å². The summed E-state index contributed by atoms with van der Waals surface area (Å²) in [4.78, 5) is 25.0. The van der Waals surface area contributed by atoms with Crippen LogP contribution in [-0.2, 0) is 4.79 Å². The number of hydrogen-bond acceptors (Lipinski definition) is 2. The smallest absolute Gasteiger partial charge is 0.315 e. The molecule has 1 aliphatic carbocycles. The van der Waals surface area contributed by atoms with Crippen LogP contribution in [0.25, 0.3) is 0 Å². The van der Waals surface area contributed by atoms with E-state index in [2.05, 4.69) is 10.6 Å². The molecule has 2 rings (SSSR count). The van der Waals surface area contributed by atoms with Crippen molar-refractivity contribution in [2.75, 3.05) is 13.6 Å². The van der Waals surface area contributed by atoms with Crippen LogP contribution in [0, 0.1) is 0 Å². The molecule has 1 atom stereocenters. The Morgan fingerprint density at radius 2 is 1.88 bits per heavy atom. The molecular formula is C12H21N3O2. The highest BCUT2D eigenvalue weighted by Gasteiger charge is 2.30. The highest BCUT2D eigenvalue weighted by atomic mass is 16.2. The number of nitrogens with zero attached hydrogens (tertiary/aromatic N) is 1. The van der Waals surface area contributed by atoms with Crippen LogP contribution in [0.1, 0.15) is 38.5 Å². The Bertz CT molecular complexity index is 300. The third-order valence-corrected chi connectivity index (χ3v) is 3.67. The number of hydrogen-bond donors (Lipinski definition) is 2. The van der Waals surface area contributed by atoms with Crippen molar-refractivity contribution >= 4 is 11.9 Å². The van der Waals surface area contributed by atoms with Crippen molar-refractivity contribution < 1.29 is 9.59 Å². The topological polar surface area (TPSA) is 61.4 Å². The van der Waals surface area contributed by atoms with Crippen LogP contribution in [0.4, 0.5) is 4.79 Å². The standard InChI is InChI=1S/C12H21N3O2/c1-15-8-7-10(11(15)16)14-12(17)13-9-5-3-2-4-6-9/h9-10H,2-8H2,1H3,(H2,13,14,17). The molecule has 2 N–H and O–H groups in total. The first-order valence-electron chi connectivity index (χ1n) is 6.49. The highest BCUT2D eigenvalue weighted by molar-refractivity contribution is 5.88. The van der Waals surface area contributed by atoms with E-state index >= 15 is 0 Å². The van der Waals surface area contributed by atoms with Gasteiger partial charge in [0.15, 0.2) is 0 Å². The molecule has 1 heterocycles. The number of likely N-dealkylation sites (tertiary alicyclic amines) is 1.